The van der Waals surface area contributed by atoms with Crippen molar-refractivity contribution in [3.05, 3.63) is 35.4 Å². The fraction of sp³-hybridized carbons (Fsp3) is 0.579. The average Bonchev–Trinajstić information content (AvgIpc) is 2.98. The molecule has 0 bridgehead atoms. The van der Waals surface area contributed by atoms with Gasteiger partial charge >= 0.3 is 5.97 Å². The molecule has 0 radical (unpaired) electrons. The van der Waals surface area contributed by atoms with Crippen LogP contribution in [0.5, 0.6) is 0 Å². The van der Waals surface area contributed by atoms with Gasteiger partial charge in [-0.1, -0.05) is 0 Å². The van der Waals surface area contributed by atoms with E-state index in [2.05, 4.69) is 4.90 Å². The second-order valence-electron chi connectivity index (χ2n) is 7.22. The zero-order valence-corrected chi connectivity index (χ0v) is 15.0. The maximum atomic E-state index is 13.9. The summed E-state index contributed by atoms with van der Waals surface area (Å²) < 4.78 is 32.4. The Morgan fingerprint density at radius 2 is 2.00 bits per heavy atom. The largest absolute Gasteiger partial charge is 0.465 e. The molecule has 1 aromatic rings. The summed E-state index contributed by atoms with van der Waals surface area (Å²) in [4.78, 5) is 28.1. The van der Waals surface area contributed by atoms with Crippen LogP contribution in [0.3, 0.4) is 0 Å². The van der Waals surface area contributed by atoms with E-state index in [-0.39, 0.29) is 23.5 Å². The van der Waals surface area contributed by atoms with Gasteiger partial charge in [-0.15, -0.1) is 0 Å². The number of halogens is 2. The maximum Gasteiger partial charge on any atom is 0.320 e. The van der Waals surface area contributed by atoms with Crippen molar-refractivity contribution in [3.63, 3.8) is 0 Å². The summed E-state index contributed by atoms with van der Waals surface area (Å²) in [6.07, 6.45) is 2.65. The molecule has 0 saturated carbocycles. The minimum absolute atomic E-state index is 0.0930. The number of esters is 1. The van der Waals surface area contributed by atoms with Gasteiger partial charge in [-0.2, -0.15) is 0 Å². The highest BCUT2D eigenvalue weighted by atomic mass is 19.1. The topological polar surface area (TPSA) is 49.9 Å². The zero-order valence-electron chi connectivity index (χ0n) is 15.0. The molecule has 2 heterocycles. The standard InChI is InChI=1S/C19H24F2N2O3/c1-2-26-17(24)11-22-9-7-19(12-22)6-3-8-23(13-19)18(25)15-10-14(20)4-5-16(15)21/h4-5,10H,2-3,6-9,11-13H2,1H3. The van der Waals surface area contributed by atoms with Crippen LogP contribution >= 0.6 is 0 Å². The molecule has 1 unspecified atom stereocenters. The molecule has 1 amide bonds. The number of amides is 1. The first-order valence-corrected chi connectivity index (χ1v) is 9.05. The Balaban J connectivity index is 1.67. The number of carbonyl (C=O) groups excluding carboxylic acids is 2. The number of likely N-dealkylation sites (tertiary alicyclic amines) is 2. The smallest absolute Gasteiger partial charge is 0.320 e. The third kappa shape index (κ3) is 4.03. The van der Waals surface area contributed by atoms with Gasteiger partial charge in [0, 0.05) is 25.0 Å². The van der Waals surface area contributed by atoms with Gasteiger partial charge in [-0.25, -0.2) is 8.78 Å². The summed E-state index contributed by atoms with van der Waals surface area (Å²) in [6.45, 7) is 4.91. The molecule has 0 aromatic heterocycles. The van der Waals surface area contributed by atoms with Crippen LogP contribution in [0.2, 0.25) is 0 Å². The first-order valence-electron chi connectivity index (χ1n) is 9.05. The SMILES string of the molecule is CCOC(=O)CN1CCC2(CCCN(C(=O)c3cc(F)ccc3F)C2)C1. The van der Waals surface area contributed by atoms with Gasteiger partial charge < -0.3 is 9.64 Å². The van der Waals surface area contributed by atoms with Gasteiger partial charge in [0.2, 0.25) is 0 Å². The minimum atomic E-state index is -0.702. The number of hydrogen-bond donors (Lipinski definition) is 0. The molecule has 2 aliphatic heterocycles. The number of hydrogen-bond acceptors (Lipinski definition) is 4. The number of piperidine rings is 1. The van der Waals surface area contributed by atoms with Crippen LogP contribution in [0.4, 0.5) is 8.78 Å². The highest BCUT2D eigenvalue weighted by molar-refractivity contribution is 5.94. The fourth-order valence-corrected chi connectivity index (χ4v) is 4.10. The van der Waals surface area contributed by atoms with E-state index in [9.17, 15) is 18.4 Å². The Morgan fingerprint density at radius 3 is 2.77 bits per heavy atom. The second kappa shape index (κ2) is 7.70. The Bertz CT molecular complexity index is 697. The summed E-state index contributed by atoms with van der Waals surface area (Å²) >= 11 is 0. The first-order chi connectivity index (χ1) is 12.4. The van der Waals surface area contributed by atoms with E-state index < -0.39 is 17.5 Å². The third-order valence-electron chi connectivity index (χ3n) is 5.28. The summed E-state index contributed by atoms with van der Waals surface area (Å²) in [7, 11) is 0. The van der Waals surface area contributed by atoms with Gasteiger partial charge in [0.25, 0.3) is 5.91 Å². The molecular weight excluding hydrogens is 342 g/mol. The third-order valence-corrected chi connectivity index (χ3v) is 5.28. The first kappa shape index (κ1) is 18.8. The van der Waals surface area contributed by atoms with Crippen LogP contribution < -0.4 is 0 Å². The van der Waals surface area contributed by atoms with Gasteiger partial charge in [-0.3, -0.25) is 14.5 Å². The number of carbonyl (C=O) groups is 2. The summed E-state index contributed by atoms with van der Waals surface area (Å²) in [5.74, 6) is -2.03. The van der Waals surface area contributed by atoms with Gasteiger partial charge in [-0.05, 0) is 50.9 Å². The average molecular weight is 366 g/mol. The Hall–Kier alpha value is -2.02. The molecule has 2 aliphatic rings. The molecule has 2 saturated heterocycles. The summed E-state index contributed by atoms with van der Waals surface area (Å²) in [6, 6.07) is 2.95. The highest BCUT2D eigenvalue weighted by Gasteiger charge is 2.43. The molecule has 26 heavy (non-hydrogen) atoms. The summed E-state index contributed by atoms with van der Waals surface area (Å²) in [5.41, 5.74) is -0.312. The van der Waals surface area contributed by atoms with Crippen molar-refractivity contribution in [3.8, 4) is 0 Å². The molecule has 0 aliphatic carbocycles. The lowest BCUT2D eigenvalue weighted by atomic mass is 9.79. The van der Waals surface area contributed by atoms with Gasteiger partial charge in [0.1, 0.15) is 11.6 Å². The van der Waals surface area contributed by atoms with Gasteiger partial charge in [0.05, 0.1) is 18.7 Å². The van der Waals surface area contributed by atoms with Crippen molar-refractivity contribution in [1.82, 2.24) is 9.80 Å². The quantitative estimate of drug-likeness (QED) is 0.768. The lowest BCUT2D eigenvalue weighted by molar-refractivity contribution is -0.144. The lowest BCUT2D eigenvalue weighted by Gasteiger charge is -2.40. The predicted molar refractivity (Wildman–Crippen MR) is 91.6 cm³/mol. The van der Waals surface area contributed by atoms with E-state index in [0.29, 0.717) is 26.2 Å². The molecule has 142 valence electrons. The fourth-order valence-electron chi connectivity index (χ4n) is 4.10. The number of rotatable bonds is 4. The molecule has 2 fully saturated rings. The van der Waals surface area contributed by atoms with E-state index in [1.807, 2.05) is 0 Å². The van der Waals surface area contributed by atoms with Gasteiger partial charge in [0.15, 0.2) is 0 Å². The minimum Gasteiger partial charge on any atom is -0.465 e. The van der Waals surface area contributed by atoms with Crippen molar-refractivity contribution in [2.24, 2.45) is 5.41 Å². The zero-order chi connectivity index (χ0) is 18.7. The van der Waals surface area contributed by atoms with Crippen molar-refractivity contribution < 1.29 is 23.1 Å². The number of benzene rings is 1. The van der Waals surface area contributed by atoms with Crippen molar-refractivity contribution in [1.29, 1.82) is 0 Å². The van der Waals surface area contributed by atoms with Crippen LogP contribution in [-0.2, 0) is 9.53 Å². The van der Waals surface area contributed by atoms with Crippen LogP contribution in [0.1, 0.15) is 36.5 Å². The van der Waals surface area contributed by atoms with Crippen molar-refractivity contribution in [2.45, 2.75) is 26.2 Å². The van der Waals surface area contributed by atoms with E-state index in [1.54, 1.807) is 11.8 Å². The van der Waals surface area contributed by atoms with Crippen LogP contribution in [0.15, 0.2) is 18.2 Å². The molecular formula is C19H24F2N2O3. The van der Waals surface area contributed by atoms with Crippen LogP contribution in [0.25, 0.3) is 0 Å². The molecule has 5 nitrogen and oxygen atoms in total. The summed E-state index contributed by atoms with van der Waals surface area (Å²) in [5, 5.41) is 0. The molecule has 1 spiro atoms. The predicted octanol–water partition coefficient (Wildman–Crippen LogP) is 2.46. The van der Waals surface area contributed by atoms with E-state index >= 15 is 0 Å². The highest BCUT2D eigenvalue weighted by Crippen LogP contribution is 2.39. The lowest BCUT2D eigenvalue weighted by Crippen LogP contribution is -2.47. The molecule has 1 aromatic carbocycles. The van der Waals surface area contributed by atoms with E-state index in [0.717, 1.165) is 44.0 Å². The Kier molecular flexibility index (Phi) is 5.55. The van der Waals surface area contributed by atoms with E-state index in [4.69, 9.17) is 4.74 Å². The Labute approximate surface area is 151 Å². The van der Waals surface area contributed by atoms with Crippen molar-refractivity contribution >= 4 is 11.9 Å². The molecule has 0 N–H and O–H groups in total. The van der Waals surface area contributed by atoms with E-state index in [1.165, 1.54) is 0 Å². The molecule has 1 atom stereocenters. The van der Waals surface area contributed by atoms with Crippen LogP contribution in [0, 0.1) is 17.0 Å². The van der Waals surface area contributed by atoms with Crippen LogP contribution in [-0.4, -0.2) is 61.0 Å². The molecule has 7 heteroatoms. The maximum absolute atomic E-state index is 13.9. The number of nitrogens with zero attached hydrogens (tertiary/aromatic N) is 2. The normalized spacial score (nSPS) is 23.4. The monoisotopic (exact) mass is 366 g/mol. The number of ether oxygens (including phenoxy) is 1. The Morgan fingerprint density at radius 1 is 1.19 bits per heavy atom. The molecule has 3 rings (SSSR count). The second-order valence-corrected chi connectivity index (χ2v) is 7.22. The van der Waals surface area contributed by atoms with Crippen molar-refractivity contribution in [2.75, 3.05) is 39.3 Å².